The first-order valence-corrected chi connectivity index (χ1v) is 5.54. The number of fused-ring (bicyclic) bond motifs is 1. The number of rotatable bonds is 2. The predicted octanol–water partition coefficient (Wildman–Crippen LogP) is 1.45. The summed E-state index contributed by atoms with van der Waals surface area (Å²) in [4.78, 5) is 9.65. The molecule has 3 rings (SSSR count). The minimum atomic E-state index is -0.144. The molecule has 3 heterocycles. The maximum absolute atomic E-state index is 9.00. The van der Waals surface area contributed by atoms with Crippen LogP contribution in [0.25, 0.3) is 5.65 Å². The number of pyridine rings is 1. The molecule has 0 aliphatic carbocycles. The second-order valence-corrected chi connectivity index (χ2v) is 4.23. The first-order valence-electron chi connectivity index (χ1n) is 5.54. The van der Waals surface area contributed by atoms with Crippen molar-refractivity contribution in [3.8, 4) is 0 Å². The van der Waals surface area contributed by atoms with Crippen LogP contribution in [0.15, 0.2) is 29.7 Å². The molecule has 2 aromatic heterocycles. The van der Waals surface area contributed by atoms with Crippen molar-refractivity contribution in [3.63, 3.8) is 0 Å². The van der Waals surface area contributed by atoms with E-state index in [1.165, 1.54) is 5.56 Å². The molecule has 0 fully saturated rings. The molecule has 5 heteroatoms. The SMILES string of the molecule is Cc1ccn2c(C3CC(CO)=NO3)cnc2c1. The Kier molecular flexibility index (Phi) is 2.33. The van der Waals surface area contributed by atoms with Crippen LogP contribution in [-0.2, 0) is 4.84 Å². The van der Waals surface area contributed by atoms with E-state index in [-0.39, 0.29) is 12.7 Å². The van der Waals surface area contributed by atoms with Crippen LogP contribution in [0.3, 0.4) is 0 Å². The predicted molar refractivity (Wildman–Crippen MR) is 62.9 cm³/mol. The van der Waals surface area contributed by atoms with E-state index in [1.54, 1.807) is 6.20 Å². The summed E-state index contributed by atoms with van der Waals surface area (Å²) in [6, 6.07) is 4.05. The molecule has 5 nitrogen and oxygen atoms in total. The summed E-state index contributed by atoms with van der Waals surface area (Å²) in [5.74, 6) is 0. The van der Waals surface area contributed by atoms with Gasteiger partial charge in [-0.3, -0.25) is 0 Å². The van der Waals surface area contributed by atoms with Crippen molar-refractivity contribution in [2.75, 3.05) is 6.61 Å². The summed E-state index contributed by atoms with van der Waals surface area (Å²) in [6.45, 7) is 1.99. The molecule has 0 saturated heterocycles. The number of aromatic nitrogens is 2. The summed E-state index contributed by atoms with van der Waals surface area (Å²) in [6.07, 6.45) is 4.26. The molecule has 88 valence electrons. The summed E-state index contributed by atoms with van der Waals surface area (Å²) in [7, 11) is 0. The van der Waals surface area contributed by atoms with E-state index in [4.69, 9.17) is 9.94 Å². The lowest BCUT2D eigenvalue weighted by Crippen LogP contribution is -2.05. The Bertz CT molecular complexity index is 588. The zero-order valence-corrected chi connectivity index (χ0v) is 9.50. The number of hydrogen-bond donors (Lipinski definition) is 1. The molecular formula is C12H13N3O2. The van der Waals surface area contributed by atoms with Crippen molar-refractivity contribution in [2.45, 2.75) is 19.4 Å². The van der Waals surface area contributed by atoms with Crippen LogP contribution in [-0.4, -0.2) is 26.8 Å². The number of nitrogens with zero attached hydrogens (tertiary/aromatic N) is 3. The Morgan fingerprint density at radius 1 is 1.59 bits per heavy atom. The number of oxime groups is 1. The van der Waals surface area contributed by atoms with Crippen molar-refractivity contribution in [2.24, 2.45) is 5.16 Å². The Morgan fingerprint density at radius 2 is 2.47 bits per heavy atom. The lowest BCUT2D eigenvalue weighted by atomic mass is 10.1. The van der Waals surface area contributed by atoms with Gasteiger partial charge < -0.3 is 14.3 Å². The topological polar surface area (TPSA) is 59.1 Å². The first kappa shape index (κ1) is 10.3. The monoisotopic (exact) mass is 231 g/mol. The van der Waals surface area contributed by atoms with E-state index < -0.39 is 0 Å². The van der Waals surface area contributed by atoms with Gasteiger partial charge in [0.15, 0.2) is 6.10 Å². The van der Waals surface area contributed by atoms with Crippen LogP contribution in [0, 0.1) is 6.92 Å². The van der Waals surface area contributed by atoms with Gasteiger partial charge in [0.05, 0.1) is 24.2 Å². The number of aryl methyl sites for hydroxylation is 1. The summed E-state index contributed by atoms with van der Waals surface area (Å²) in [5.41, 5.74) is 3.72. The zero-order chi connectivity index (χ0) is 11.8. The lowest BCUT2D eigenvalue weighted by molar-refractivity contribution is 0.0819. The number of imidazole rings is 1. The maximum Gasteiger partial charge on any atom is 0.174 e. The second-order valence-electron chi connectivity index (χ2n) is 4.23. The summed E-state index contributed by atoms with van der Waals surface area (Å²) < 4.78 is 1.99. The van der Waals surface area contributed by atoms with Gasteiger partial charge in [-0.15, -0.1) is 0 Å². The highest BCUT2D eigenvalue weighted by molar-refractivity contribution is 5.86. The molecule has 17 heavy (non-hydrogen) atoms. The number of hydrogen-bond acceptors (Lipinski definition) is 4. The zero-order valence-electron chi connectivity index (χ0n) is 9.50. The van der Waals surface area contributed by atoms with Gasteiger partial charge in [-0.1, -0.05) is 5.16 Å². The molecule has 2 aromatic rings. The molecule has 0 aromatic carbocycles. The van der Waals surface area contributed by atoms with Gasteiger partial charge in [0.2, 0.25) is 0 Å². The average Bonchev–Trinajstić information content (AvgIpc) is 2.93. The van der Waals surface area contributed by atoms with Crippen LogP contribution in [0.1, 0.15) is 23.8 Å². The standard InChI is InChI=1S/C12H13N3O2/c1-8-2-3-15-10(6-13-12(15)4-8)11-5-9(7-16)14-17-11/h2-4,6,11,16H,5,7H2,1H3. The molecule has 1 unspecified atom stereocenters. The molecule has 0 saturated carbocycles. The van der Waals surface area contributed by atoms with Gasteiger partial charge in [-0.2, -0.15) is 0 Å². The molecular weight excluding hydrogens is 218 g/mol. The Balaban J connectivity index is 1.97. The summed E-state index contributed by atoms with van der Waals surface area (Å²) >= 11 is 0. The third-order valence-electron chi connectivity index (χ3n) is 2.94. The highest BCUT2D eigenvalue weighted by Gasteiger charge is 2.25. The quantitative estimate of drug-likeness (QED) is 0.851. The first-order chi connectivity index (χ1) is 8.28. The van der Waals surface area contributed by atoms with E-state index >= 15 is 0 Å². The molecule has 0 spiro atoms. The average molecular weight is 231 g/mol. The lowest BCUT2D eigenvalue weighted by Gasteiger charge is -2.07. The van der Waals surface area contributed by atoms with E-state index in [1.807, 2.05) is 29.7 Å². The van der Waals surface area contributed by atoms with Gasteiger partial charge >= 0.3 is 0 Å². The van der Waals surface area contributed by atoms with E-state index in [0.717, 1.165) is 11.3 Å². The molecule has 1 aliphatic heterocycles. The smallest absolute Gasteiger partial charge is 0.174 e. The maximum atomic E-state index is 9.00. The summed E-state index contributed by atoms with van der Waals surface area (Å²) in [5, 5.41) is 12.8. The van der Waals surface area contributed by atoms with Crippen molar-refractivity contribution in [1.82, 2.24) is 9.38 Å². The Hall–Kier alpha value is -1.88. The minimum Gasteiger partial charge on any atom is -0.390 e. The molecule has 0 bridgehead atoms. The number of aliphatic hydroxyl groups is 1. The highest BCUT2D eigenvalue weighted by Crippen LogP contribution is 2.27. The molecule has 0 amide bonds. The van der Waals surface area contributed by atoms with Crippen molar-refractivity contribution in [1.29, 1.82) is 0 Å². The van der Waals surface area contributed by atoms with Gasteiger partial charge in [0.1, 0.15) is 5.65 Å². The van der Waals surface area contributed by atoms with Gasteiger partial charge in [-0.25, -0.2) is 4.98 Å². The molecule has 1 aliphatic rings. The highest BCUT2D eigenvalue weighted by atomic mass is 16.6. The van der Waals surface area contributed by atoms with Gasteiger partial charge in [0, 0.05) is 12.6 Å². The van der Waals surface area contributed by atoms with Crippen molar-refractivity contribution in [3.05, 3.63) is 35.8 Å². The molecule has 1 N–H and O–H groups in total. The Labute approximate surface area is 98.3 Å². The second kappa shape index (κ2) is 3.85. The van der Waals surface area contributed by atoms with Crippen LogP contribution >= 0.6 is 0 Å². The van der Waals surface area contributed by atoms with Crippen LogP contribution in [0.5, 0.6) is 0 Å². The van der Waals surface area contributed by atoms with Crippen LogP contribution in [0.4, 0.5) is 0 Å². The third kappa shape index (κ3) is 1.68. The van der Waals surface area contributed by atoms with E-state index in [2.05, 4.69) is 10.1 Å². The third-order valence-corrected chi connectivity index (χ3v) is 2.94. The van der Waals surface area contributed by atoms with Crippen molar-refractivity contribution >= 4 is 11.4 Å². The Morgan fingerprint density at radius 3 is 3.24 bits per heavy atom. The van der Waals surface area contributed by atoms with Crippen LogP contribution < -0.4 is 0 Å². The minimum absolute atomic E-state index is 0.0493. The molecule has 0 radical (unpaired) electrons. The fourth-order valence-electron chi connectivity index (χ4n) is 2.02. The van der Waals surface area contributed by atoms with Gasteiger partial charge in [-0.05, 0) is 24.6 Å². The van der Waals surface area contributed by atoms with Gasteiger partial charge in [0.25, 0.3) is 0 Å². The van der Waals surface area contributed by atoms with E-state index in [0.29, 0.717) is 12.1 Å². The largest absolute Gasteiger partial charge is 0.390 e. The van der Waals surface area contributed by atoms with Crippen LogP contribution in [0.2, 0.25) is 0 Å². The fraction of sp³-hybridized carbons (Fsp3) is 0.333. The van der Waals surface area contributed by atoms with Crippen molar-refractivity contribution < 1.29 is 9.94 Å². The normalized spacial score (nSPS) is 19.4. The fourth-order valence-corrected chi connectivity index (χ4v) is 2.02. The molecule has 1 atom stereocenters. The number of aliphatic hydroxyl groups excluding tert-OH is 1. The van der Waals surface area contributed by atoms with E-state index in [9.17, 15) is 0 Å².